The number of esters is 1. The molecule has 1 heterocycles. The molecule has 0 aliphatic rings. The van der Waals surface area contributed by atoms with Crippen LogP contribution in [0.4, 0.5) is 0 Å². The van der Waals surface area contributed by atoms with Gasteiger partial charge < -0.3 is 4.74 Å². The van der Waals surface area contributed by atoms with Crippen molar-refractivity contribution in [1.29, 1.82) is 0 Å². The fourth-order valence-corrected chi connectivity index (χ4v) is 2.81. The topological polar surface area (TPSA) is 26.3 Å². The first kappa shape index (κ1) is 13.0. The number of hydrogen-bond acceptors (Lipinski definition) is 3. The molecule has 2 aromatic rings. The van der Waals surface area contributed by atoms with Gasteiger partial charge in [0.2, 0.25) is 0 Å². The Morgan fingerprint density at radius 3 is 2.78 bits per heavy atom. The number of fused-ring (bicyclic) bond motifs is 1. The number of ether oxygens (including phenoxy) is 1. The van der Waals surface area contributed by atoms with Crippen molar-refractivity contribution in [3.63, 3.8) is 0 Å². The van der Waals surface area contributed by atoms with E-state index in [0.29, 0.717) is 4.88 Å². The number of hydrogen-bond donors (Lipinski definition) is 0. The lowest BCUT2D eigenvalue weighted by Crippen LogP contribution is -1.96. The molecule has 1 aromatic carbocycles. The Labute approximate surface area is 113 Å². The summed E-state index contributed by atoms with van der Waals surface area (Å²) in [5.74, 6) is 2.86. The third-order valence-corrected chi connectivity index (χ3v) is 3.89. The van der Waals surface area contributed by atoms with Crippen LogP contribution >= 0.6 is 11.3 Å². The van der Waals surface area contributed by atoms with Crippen molar-refractivity contribution in [3.8, 4) is 11.2 Å². The summed E-state index contributed by atoms with van der Waals surface area (Å²) >= 11 is 1.44. The van der Waals surface area contributed by atoms with E-state index in [2.05, 4.69) is 23.7 Å². The van der Waals surface area contributed by atoms with Gasteiger partial charge in [-0.3, -0.25) is 0 Å². The standard InChI is InChI=1S/C14H13O2S2/c1-16-14(15)13-9-11-5-4-10(6-7-18(2)3)8-12(11)17-13/h4-5,8-9H,1-3H3/q+1. The average Bonchev–Trinajstić information content (AvgIpc) is 2.78. The van der Waals surface area contributed by atoms with Gasteiger partial charge in [-0.25, -0.2) is 4.79 Å². The summed E-state index contributed by atoms with van der Waals surface area (Å²) in [5, 5.41) is 4.21. The number of benzene rings is 1. The zero-order chi connectivity index (χ0) is 13.1. The van der Waals surface area contributed by atoms with E-state index in [-0.39, 0.29) is 16.9 Å². The van der Waals surface area contributed by atoms with Crippen LogP contribution in [0.1, 0.15) is 15.2 Å². The van der Waals surface area contributed by atoms with Crippen molar-refractivity contribution < 1.29 is 9.53 Å². The summed E-state index contributed by atoms with van der Waals surface area (Å²) in [5.41, 5.74) is 0.988. The second-order valence-corrected chi connectivity index (χ2v) is 6.82. The van der Waals surface area contributed by atoms with Gasteiger partial charge in [0.25, 0.3) is 0 Å². The smallest absolute Gasteiger partial charge is 0.348 e. The maximum atomic E-state index is 11.4. The highest BCUT2D eigenvalue weighted by Crippen LogP contribution is 2.26. The molecule has 0 aliphatic heterocycles. The van der Waals surface area contributed by atoms with E-state index in [1.165, 1.54) is 18.4 Å². The van der Waals surface area contributed by atoms with Crippen molar-refractivity contribution in [3.05, 3.63) is 34.7 Å². The molecule has 0 radical (unpaired) electrons. The van der Waals surface area contributed by atoms with Gasteiger partial charge in [-0.2, -0.15) is 0 Å². The number of carbonyl (C=O) groups is 1. The van der Waals surface area contributed by atoms with Gasteiger partial charge in [0.05, 0.1) is 18.0 Å². The van der Waals surface area contributed by atoms with E-state index in [4.69, 9.17) is 4.74 Å². The van der Waals surface area contributed by atoms with Crippen molar-refractivity contribution in [2.45, 2.75) is 0 Å². The number of thiophene rings is 1. The van der Waals surface area contributed by atoms with Crippen LogP contribution in [-0.2, 0) is 15.6 Å². The van der Waals surface area contributed by atoms with Gasteiger partial charge in [-0.1, -0.05) is 6.07 Å². The highest BCUT2D eigenvalue weighted by atomic mass is 32.2. The zero-order valence-corrected chi connectivity index (χ0v) is 12.1. The van der Waals surface area contributed by atoms with Gasteiger partial charge in [-0.05, 0) is 29.5 Å². The third kappa shape index (κ3) is 2.87. The Balaban J connectivity index is 2.40. The highest BCUT2D eigenvalue weighted by molar-refractivity contribution is 8.00. The van der Waals surface area contributed by atoms with Crippen LogP contribution in [0.2, 0.25) is 0 Å². The lowest BCUT2D eigenvalue weighted by Gasteiger charge is -1.90. The predicted molar refractivity (Wildman–Crippen MR) is 79.3 cm³/mol. The Bertz CT molecular complexity index is 645. The van der Waals surface area contributed by atoms with Crippen molar-refractivity contribution in [1.82, 2.24) is 0 Å². The summed E-state index contributed by atoms with van der Waals surface area (Å²) in [6, 6.07) is 7.85. The monoisotopic (exact) mass is 277 g/mol. The molecule has 92 valence electrons. The van der Waals surface area contributed by atoms with Crippen LogP contribution in [0.15, 0.2) is 24.3 Å². The summed E-state index contributed by atoms with van der Waals surface area (Å²) in [4.78, 5) is 12.1. The SMILES string of the molecule is COC(=O)c1cc2ccc(C#C[S+](C)C)cc2s1. The molecule has 1 aromatic heterocycles. The largest absolute Gasteiger partial charge is 0.465 e. The molecule has 4 heteroatoms. The number of methoxy groups -OCH3 is 1. The van der Waals surface area contributed by atoms with Gasteiger partial charge in [0.15, 0.2) is 5.25 Å². The molecule has 0 aliphatic carbocycles. The normalized spacial score (nSPS) is 10.2. The molecule has 0 saturated carbocycles. The van der Waals surface area contributed by atoms with Crippen LogP contribution in [0, 0.1) is 11.2 Å². The average molecular weight is 277 g/mol. The molecule has 2 rings (SSSR count). The van der Waals surface area contributed by atoms with Gasteiger partial charge in [0.1, 0.15) is 17.4 Å². The minimum atomic E-state index is -0.285. The lowest BCUT2D eigenvalue weighted by molar-refractivity contribution is 0.0606. The lowest BCUT2D eigenvalue weighted by atomic mass is 10.2. The van der Waals surface area contributed by atoms with Crippen LogP contribution in [0.5, 0.6) is 0 Å². The molecule has 0 N–H and O–H groups in total. The molecule has 0 bridgehead atoms. The highest BCUT2D eigenvalue weighted by Gasteiger charge is 2.10. The van der Waals surface area contributed by atoms with Gasteiger partial charge in [-0.15, -0.1) is 11.3 Å². The molecule has 0 saturated heterocycles. The first-order chi connectivity index (χ1) is 8.60. The van der Waals surface area contributed by atoms with E-state index in [1.807, 2.05) is 24.3 Å². The van der Waals surface area contributed by atoms with Crippen LogP contribution < -0.4 is 0 Å². The molecule has 0 atom stereocenters. The minimum absolute atomic E-state index is 0.115. The first-order valence-corrected chi connectivity index (χ1v) is 8.17. The van der Waals surface area contributed by atoms with E-state index >= 15 is 0 Å². The van der Waals surface area contributed by atoms with Gasteiger partial charge >= 0.3 is 5.97 Å². The summed E-state index contributed by atoms with van der Waals surface area (Å²) in [7, 11) is 1.51. The van der Waals surface area contributed by atoms with Crippen LogP contribution in [0.3, 0.4) is 0 Å². The molecule has 2 nitrogen and oxygen atoms in total. The van der Waals surface area contributed by atoms with E-state index in [1.54, 1.807) is 0 Å². The summed E-state index contributed by atoms with van der Waals surface area (Å²) in [6.07, 6.45) is 4.18. The molecule has 0 unspecified atom stereocenters. The van der Waals surface area contributed by atoms with E-state index in [0.717, 1.165) is 15.6 Å². The molecule has 18 heavy (non-hydrogen) atoms. The zero-order valence-electron chi connectivity index (χ0n) is 10.4. The Kier molecular flexibility index (Phi) is 3.95. The van der Waals surface area contributed by atoms with Crippen LogP contribution in [0.25, 0.3) is 10.1 Å². The Hall–Kier alpha value is -1.44. The maximum Gasteiger partial charge on any atom is 0.348 e. The molecule has 0 fully saturated rings. The van der Waals surface area contributed by atoms with E-state index in [9.17, 15) is 4.79 Å². The maximum absolute atomic E-state index is 11.4. The van der Waals surface area contributed by atoms with Gasteiger partial charge in [0, 0.05) is 10.3 Å². The second-order valence-electron chi connectivity index (χ2n) is 3.90. The second kappa shape index (κ2) is 5.47. The van der Waals surface area contributed by atoms with E-state index < -0.39 is 0 Å². The quantitative estimate of drug-likeness (QED) is 0.455. The third-order valence-electron chi connectivity index (χ3n) is 2.31. The van der Waals surface area contributed by atoms with Crippen molar-refractivity contribution in [2.75, 3.05) is 19.6 Å². The molecule has 0 amide bonds. The van der Waals surface area contributed by atoms with Crippen molar-refractivity contribution >= 4 is 38.3 Å². The Morgan fingerprint density at radius 1 is 1.33 bits per heavy atom. The molecular weight excluding hydrogens is 264 g/mol. The number of carbonyl (C=O) groups excluding carboxylic acids is 1. The minimum Gasteiger partial charge on any atom is -0.465 e. The fraction of sp³-hybridized carbons (Fsp3) is 0.214. The van der Waals surface area contributed by atoms with Crippen molar-refractivity contribution in [2.24, 2.45) is 0 Å². The predicted octanol–water partition coefficient (Wildman–Crippen LogP) is 2.87. The molecule has 0 spiro atoms. The number of rotatable bonds is 1. The molecular formula is C14H13O2S2+. The van der Waals surface area contributed by atoms with Crippen LogP contribution in [-0.4, -0.2) is 25.6 Å². The fourth-order valence-electron chi connectivity index (χ4n) is 1.47. The Morgan fingerprint density at radius 2 is 2.11 bits per heavy atom. The first-order valence-electron chi connectivity index (χ1n) is 5.31. The summed E-state index contributed by atoms with van der Waals surface area (Å²) in [6.45, 7) is 0. The summed E-state index contributed by atoms with van der Waals surface area (Å²) < 4.78 is 5.78.